The van der Waals surface area contributed by atoms with Gasteiger partial charge in [-0.25, -0.2) is 0 Å². The van der Waals surface area contributed by atoms with Crippen LogP contribution in [-0.4, -0.2) is 76.1 Å². The highest BCUT2D eigenvalue weighted by molar-refractivity contribution is 6.22. The molecule has 10 heteroatoms. The van der Waals surface area contributed by atoms with Gasteiger partial charge in [0.15, 0.2) is 11.4 Å². The second kappa shape index (κ2) is 10.2. The summed E-state index contributed by atoms with van der Waals surface area (Å²) in [5, 5.41) is 44.9. The summed E-state index contributed by atoms with van der Waals surface area (Å²) in [5.74, 6) is -6.21. The fraction of sp³-hybridized carbons (Fsp3) is 0.581. The number of phenolic OH excluding ortho intramolecular Hbond substituents is 1. The molecule has 10 nitrogen and oxygen atoms in total. The number of carbonyl (C=O) groups excluding carboxylic acids is 3. The van der Waals surface area contributed by atoms with Gasteiger partial charge in [-0.15, -0.1) is 0 Å². The third-order valence-electron chi connectivity index (χ3n) is 9.71. The number of anilines is 1. The fourth-order valence-corrected chi connectivity index (χ4v) is 7.98. The first-order valence-corrected chi connectivity index (χ1v) is 14.4. The number of ketones is 2. The minimum absolute atomic E-state index is 0.110. The standard InChI is InChI=1S/C31H41N3O7/c1-30(8-6-5-7-9-30)15-34(4)14-17-12-20(35)23-19(25(17)33(2)3)11-16-10-18-13-21(36)24(29(32)40)28(39)31(18,41)27(38)22(16)26(23)37/h12,16,18,35,37,39,41H,5-11,13-15H2,1-4H3,(H2,32,40)/t16?,18-,31-/m0/s1. The summed E-state index contributed by atoms with van der Waals surface area (Å²) in [6, 6.07) is 1.62. The lowest BCUT2D eigenvalue weighted by Crippen LogP contribution is -2.58. The maximum absolute atomic E-state index is 13.8. The molecule has 1 aromatic carbocycles. The van der Waals surface area contributed by atoms with Gasteiger partial charge in [0.1, 0.15) is 22.8 Å². The number of amides is 1. The number of primary amides is 1. The highest BCUT2D eigenvalue weighted by atomic mass is 16.3. The van der Waals surface area contributed by atoms with Gasteiger partial charge in [0.25, 0.3) is 5.91 Å². The van der Waals surface area contributed by atoms with Crippen molar-refractivity contribution < 1.29 is 34.8 Å². The SMILES string of the molecule is CN(Cc1cc(O)c2c(c1N(C)C)CC1C[C@H]3CC(=O)C(C(N)=O)=C(O)[C@@]3(O)C(=O)C1=C2O)CC1(C)CCCCC1. The molecule has 41 heavy (non-hydrogen) atoms. The summed E-state index contributed by atoms with van der Waals surface area (Å²) in [6.07, 6.45) is 6.18. The van der Waals surface area contributed by atoms with Crippen molar-refractivity contribution in [2.75, 3.05) is 32.6 Å². The van der Waals surface area contributed by atoms with Gasteiger partial charge in [0.05, 0.1) is 5.56 Å². The minimum Gasteiger partial charge on any atom is -0.508 e. The molecule has 0 saturated heterocycles. The zero-order chi connectivity index (χ0) is 30.0. The molecule has 1 unspecified atom stereocenters. The third kappa shape index (κ3) is 4.61. The Kier molecular flexibility index (Phi) is 7.22. The van der Waals surface area contributed by atoms with E-state index in [-0.39, 0.29) is 41.6 Å². The van der Waals surface area contributed by atoms with Gasteiger partial charge in [-0.1, -0.05) is 26.2 Å². The van der Waals surface area contributed by atoms with E-state index in [0.717, 1.165) is 17.8 Å². The van der Waals surface area contributed by atoms with Crippen LogP contribution in [0.5, 0.6) is 5.75 Å². The molecule has 0 heterocycles. The molecule has 2 saturated carbocycles. The molecular formula is C31H41N3O7. The van der Waals surface area contributed by atoms with Crippen molar-refractivity contribution in [2.45, 2.75) is 70.4 Å². The molecule has 3 atom stereocenters. The van der Waals surface area contributed by atoms with E-state index in [0.29, 0.717) is 12.1 Å². The maximum atomic E-state index is 13.8. The topological polar surface area (TPSA) is 165 Å². The van der Waals surface area contributed by atoms with Gasteiger partial charge < -0.3 is 36.0 Å². The molecule has 6 N–H and O–H groups in total. The highest BCUT2D eigenvalue weighted by Gasteiger charge is 2.60. The van der Waals surface area contributed by atoms with Crippen LogP contribution in [0.15, 0.2) is 23.0 Å². The molecule has 2 fully saturated rings. The lowest BCUT2D eigenvalue weighted by Gasteiger charge is -2.46. The van der Waals surface area contributed by atoms with E-state index >= 15 is 0 Å². The molecule has 4 aliphatic carbocycles. The first kappa shape index (κ1) is 29.1. The number of aliphatic hydroxyl groups is 3. The van der Waals surface area contributed by atoms with Crippen LogP contribution in [-0.2, 0) is 27.3 Å². The number of fused-ring (bicyclic) bond motifs is 3. The quantitative estimate of drug-likeness (QED) is 0.325. The van der Waals surface area contributed by atoms with E-state index in [1.807, 2.05) is 19.0 Å². The number of aromatic hydroxyl groups is 1. The number of nitrogens with zero attached hydrogens (tertiary/aromatic N) is 2. The summed E-state index contributed by atoms with van der Waals surface area (Å²) < 4.78 is 0. The van der Waals surface area contributed by atoms with E-state index < -0.39 is 52.0 Å². The van der Waals surface area contributed by atoms with Gasteiger partial charge in [-0.3, -0.25) is 14.4 Å². The molecule has 1 aromatic rings. The largest absolute Gasteiger partial charge is 0.508 e. The summed E-state index contributed by atoms with van der Waals surface area (Å²) in [4.78, 5) is 42.5. The van der Waals surface area contributed by atoms with Crippen LogP contribution in [0.25, 0.3) is 5.76 Å². The number of benzene rings is 1. The Hall–Kier alpha value is -3.37. The number of nitrogens with two attached hydrogens (primary N) is 1. The monoisotopic (exact) mass is 567 g/mol. The van der Waals surface area contributed by atoms with Gasteiger partial charge in [-0.2, -0.15) is 0 Å². The maximum Gasteiger partial charge on any atom is 0.255 e. The van der Waals surface area contributed by atoms with Crippen molar-refractivity contribution in [3.05, 3.63) is 39.7 Å². The number of rotatable bonds is 6. The Morgan fingerprint density at radius 2 is 1.73 bits per heavy atom. The molecule has 0 aromatic heterocycles. The smallest absolute Gasteiger partial charge is 0.255 e. The van der Waals surface area contributed by atoms with Crippen LogP contribution < -0.4 is 10.6 Å². The number of aliphatic hydroxyl groups excluding tert-OH is 2. The van der Waals surface area contributed by atoms with E-state index in [1.54, 1.807) is 6.07 Å². The molecule has 5 rings (SSSR count). The van der Waals surface area contributed by atoms with E-state index in [9.17, 15) is 34.8 Å². The van der Waals surface area contributed by atoms with Crippen LogP contribution in [0.4, 0.5) is 5.69 Å². The van der Waals surface area contributed by atoms with Crippen molar-refractivity contribution in [1.82, 2.24) is 4.90 Å². The second-order valence-corrected chi connectivity index (χ2v) is 13.1. The second-order valence-electron chi connectivity index (χ2n) is 13.1. The van der Waals surface area contributed by atoms with Crippen molar-refractivity contribution in [2.24, 2.45) is 23.0 Å². The van der Waals surface area contributed by atoms with Crippen molar-refractivity contribution in [1.29, 1.82) is 0 Å². The Bertz CT molecular complexity index is 1390. The van der Waals surface area contributed by atoms with Gasteiger partial charge in [0.2, 0.25) is 5.78 Å². The van der Waals surface area contributed by atoms with Crippen LogP contribution in [0, 0.1) is 17.3 Å². The summed E-state index contributed by atoms with van der Waals surface area (Å²) in [6.45, 7) is 3.83. The highest BCUT2D eigenvalue weighted by Crippen LogP contribution is 2.53. The van der Waals surface area contributed by atoms with Crippen LogP contribution in [0.1, 0.15) is 68.6 Å². The lowest BCUT2D eigenvalue weighted by molar-refractivity contribution is -0.147. The predicted molar refractivity (Wildman–Crippen MR) is 153 cm³/mol. The van der Waals surface area contributed by atoms with Gasteiger partial charge >= 0.3 is 0 Å². The van der Waals surface area contributed by atoms with Crippen LogP contribution >= 0.6 is 0 Å². The zero-order valence-corrected chi connectivity index (χ0v) is 24.3. The van der Waals surface area contributed by atoms with Gasteiger partial charge in [0, 0.05) is 50.8 Å². The van der Waals surface area contributed by atoms with E-state index in [2.05, 4.69) is 18.9 Å². The fourth-order valence-electron chi connectivity index (χ4n) is 7.98. The first-order chi connectivity index (χ1) is 19.2. The molecule has 0 bridgehead atoms. The van der Waals surface area contributed by atoms with Gasteiger partial charge in [-0.05, 0) is 61.3 Å². The predicted octanol–water partition coefficient (Wildman–Crippen LogP) is 2.89. The summed E-state index contributed by atoms with van der Waals surface area (Å²) >= 11 is 0. The molecule has 1 amide bonds. The number of hydrogen-bond acceptors (Lipinski definition) is 9. The Morgan fingerprint density at radius 1 is 1.07 bits per heavy atom. The molecule has 4 aliphatic rings. The lowest BCUT2D eigenvalue weighted by atomic mass is 9.59. The molecule has 0 radical (unpaired) electrons. The van der Waals surface area contributed by atoms with Crippen molar-refractivity contribution in [3.8, 4) is 5.75 Å². The summed E-state index contributed by atoms with van der Waals surface area (Å²) in [5.41, 5.74) is 4.56. The van der Waals surface area contributed by atoms with Crippen molar-refractivity contribution >= 4 is 28.9 Å². The third-order valence-corrected chi connectivity index (χ3v) is 9.71. The first-order valence-electron chi connectivity index (χ1n) is 14.4. The summed E-state index contributed by atoms with van der Waals surface area (Å²) in [7, 11) is 5.87. The molecule has 0 spiro atoms. The van der Waals surface area contributed by atoms with Crippen molar-refractivity contribution in [3.63, 3.8) is 0 Å². The molecular weight excluding hydrogens is 526 g/mol. The van der Waals surface area contributed by atoms with E-state index in [4.69, 9.17) is 5.73 Å². The van der Waals surface area contributed by atoms with Crippen LogP contribution in [0.3, 0.4) is 0 Å². The number of phenols is 1. The minimum atomic E-state index is -2.56. The Labute approximate surface area is 240 Å². The Balaban J connectivity index is 1.56. The average molecular weight is 568 g/mol. The molecule has 0 aliphatic heterocycles. The Morgan fingerprint density at radius 3 is 2.34 bits per heavy atom. The zero-order valence-electron chi connectivity index (χ0n) is 24.3. The van der Waals surface area contributed by atoms with Crippen LogP contribution in [0.2, 0.25) is 0 Å². The number of hydrogen-bond donors (Lipinski definition) is 5. The number of carbonyl (C=O) groups is 3. The average Bonchev–Trinajstić information content (AvgIpc) is 2.85. The molecule has 222 valence electrons. The number of Topliss-reactive ketones (excluding diaryl/α,β-unsaturated/α-hetero) is 2. The van der Waals surface area contributed by atoms with E-state index in [1.165, 1.54) is 32.1 Å². The normalized spacial score (nSPS) is 27.5.